The molecule has 0 spiro atoms. The van der Waals surface area contributed by atoms with E-state index in [0.717, 1.165) is 5.69 Å². The Morgan fingerprint density at radius 2 is 1.83 bits per heavy atom. The third-order valence-corrected chi connectivity index (χ3v) is 4.67. The molecule has 0 bridgehead atoms. The Balaban J connectivity index is 1.87. The third-order valence-electron chi connectivity index (χ3n) is 4.67. The minimum absolute atomic E-state index is 0.0250. The number of benzene rings is 1. The minimum atomic E-state index is -1.12. The van der Waals surface area contributed by atoms with Crippen LogP contribution in [0.4, 0.5) is 10.1 Å². The number of hydrogen-bond acceptors (Lipinski definition) is 5. The quantitative estimate of drug-likeness (QED) is 0.604. The zero-order valence-corrected chi connectivity index (χ0v) is 17.6. The summed E-state index contributed by atoms with van der Waals surface area (Å²) in [5, 5.41) is 7.33. The molecular weight excluding hydrogens is 387 g/mol. The second kappa shape index (κ2) is 8.61. The van der Waals surface area contributed by atoms with Gasteiger partial charge in [-0.1, -0.05) is 26.0 Å². The van der Waals surface area contributed by atoms with Gasteiger partial charge in [0.1, 0.15) is 5.82 Å². The fourth-order valence-electron chi connectivity index (χ4n) is 2.95. The molecule has 0 saturated heterocycles. The number of nitrogens with one attached hydrogen (secondary N) is 1. The molecule has 1 atom stereocenters. The predicted octanol–water partition coefficient (Wildman–Crippen LogP) is 4.46. The van der Waals surface area contributed by atoms with Crippen molar-refractivity contribution in [1.29, 1.82) is 0 Å². The first-order valence-corrected chi connectivity index (χ1v) is 9.83. The maximum Gasteiger partial charge on any atom is 0.339 e. The lowest BCUT2D eigenvalue weighted by atomic mass is 10.1. The standard InChI is InChI=1S/C22H25FN4O3/c1-12(2)19-10-15(16-11-24-27(13(3)4)20(16)25-19)22(29)30-14(5)21(28)26-18-9-7-6-8-17(18)23/h6-14H,1-5H3,(H,26,28)/t14-/m1/s1. The number of rotatable bonds is 6. The van der Waals surface area contributed by atoms with Crippen molar-refractivity contribution < 1.29 is 18.7 Å². The van der Waals surface area contributed by atoms with Gasteiger partial charge < -0.3 is 10.1 Å². The molecule has 0 aliphatic carbocycles. The van der Waals surface area contributed by atoms with E-state index in [1.807, 2.05) is 27.7 Å². The van der Waals surface area contributed by atoms with E-state index >= 15 is 0 Å². The van der Waals surface area contributed by atoms with Crippen LogP contribution in [-0.2, 0) is 9.53 Å². The number of amides is 1. The molecule has 0 radical (unpaired) electrons. The first-order valence-electron chi connectivity index (χ1n) is 9.83. The van der Waals surface area contributed by atoms with Gasteiger partial charge in [0, 0.05) is 11.7 Å². The number of carbonyl (C=O) groups excluding carboxylic acids is 2. The summed E-state index contributed by atoms with van der Waals surface area (Å²) in [6.07, 6.45) is 0.454. The van der Waals surface area contributed by atoms with E-state index < -0.39 is 23.8 Å². The summed E-state index contributed by atoms with van der Waals surface area (Å²) in [4.78, 5) is 29.9. The van der Waals surface area contributed by atoms with Crippen LogP contribution in [0, 0.1) is 5.82 Å². The highest BCUT2D eigenvalue weighted by atomic mass is 19.1. The van der Waals surface area contributed by atoms with Crippen LogP contribution in [0.2, 0.25) is 0 Å². The number of esters is 1. The number of hydrogen-bond donors (Lipinski definition) is 1. The second-order valence-corrected chi connectivity index (χ2v) is 7.69. The van der Waals surface area contributed by atoms with Crippen LogP contribution in [0.3, 0.4) is 0 Å². The Labute approximate surface area is 174 Å². The Bertz CT molecular complexity index is 1090. The summed E-state index contributed by atoms with van der Waals surface area (Å²) in [5.41, 5.74) is 1.63. The van der Waals surface area contributed by atoms with Crippen LogP contribution in [0.1, 0.15) is 62.6 Å². The van der Waals surface area contributed by atoms with Gasteiger partial charge >= 0.3 is 5.97 Å². The number of carbonyl (C=O) groups is 2. The molecule has 0 aliphatic heterocycles. The average molecular weight is 412 g/mol. The van der Waals surface area contributed by atoms with Crippen LogP contribution in [0.15, 0.2) is 36.5 Å². The van der Waals surface area contributed by atoms with Gasteiger partial charge in [-0.3, -0.25) is 4.79 Å². The maximum absolute atomic E-state index is 13.8. The van der Waals surface area contributed by atoms with Crippen LogP contribution in [0.25, 0.3) is 11.0 Å². The van der Waals surface area contributed by atoms with E-state index in [1.165, 1.54) is 25.1 Å². The second-order valence-electron chi connectivity index (χ2n) is 7.69. The van der Waals surface area contributed by atoms with E-state index in [9.17, 15) is 14.0 Å². The maximum atomic E-state index is 13.8. The largest absolute Gasteiger partial charge is 0.449 e. The normalized spacial score (nSPS) is 12.4. The van der Waals surface area contributed by atoms with Gasteiger partial charge in [0.25, 0.3) is 5.91 Å². The highest BCUT2D eigenvalue weighted by molar-refractivity contribution is 6.04. The van der Waals surface area contributed by atoms with Crippen LogP contribution in [-0.4, -0.2) is 32.7 Å². The van der Waals surface area contributed by atoms with E-state index in [2.05, 4.69) is 15.4 Å². The van der Waals surface area contributed by atoms with Crippen molar-refractivity contribution in [3.8, 4) is 0 Å². The summed E-state index contributed by atoms with van der Waals surface area (Å²) >= 11 is 0. The van der Waals surface area contributed by atoms with Gasteiger partial charge in [0.2, 0.25) is 0 Å². The number of halogens is 1. The van der Waals surface area contributed by atoms with Crippen molar-refractivity contribution in [2.24, 2.45) is 0 Å². The van der Waals surface area contributed by atoms with Crippen LogP contribution >= 0.6 is 0 Å². The van der Waals surface area contributed by atoms with E-state index in [1.54, 1.807) is 23.0 Å². The van der Waals surface area contributed by atoms with Gasteiger partial charge in [-0.15, -0.1) is 0 Å². The summed E-state index contributed by atoms with van der Waals surface area (Å²) < 4.78 is 20.9. The fourth-order valence-corrected chi connectivity index (χ4v) is 2.95. The summed E-state index contributed by atoms with van der Waals surface area (Å²) in [6.45, 7) is 9.34. The van der Waals surface area contributed by atoms with Crippen molar-refractivity contribution in [1.82, 2.24) is 14.8 Å². The molecule has 1 amide bonds. The predicted molar refractivity (Wildman–Crippen MR) is 112 cm³/mol. The molecule has 0 aliphatic rings. The smallest absolute Gasteiger partial charge is 0.339 e. The summed E-state index contributed by atoms with van der Waals surface area (Å²) in [5.74, 6) is -1.77. The van der Waals surface area contributed by atoms with Crippen molar-refractivity contribution >= 4 is 28.6 Å². The first kappa shape index (κ1) is 21.4. The molecule has 2 heterocycles. The molecule has 30 heavy (non-hydrogen) atoms. The molecule has 1 aromatic carbocycles. The number of ether oxygens (including phenoxy) is 1. The molecule has 3 rings (SSSR count). The van der Waals surface area contributed by atoms with Gasteiger partial charge in [-0.2, -0.15) is 5.10 Å². The molecule has 7 nitrogen and oxygen atoms in total. The Morgan fingerprint density at radius 1 is 1.13 bits per heavy atom. The number of para-hydroxylation sites is 1. The molecule has 158 valence electrons. The summed E-state index contributed by atoms with van der Waals surface area (Å²) in [6, 6.07) is 7.52. The lowest BCUT2D eigenvalue weighted by molar-refractivity contribution is -0.123. The molecule has 2 aromatic heterocycles. The monoisotopic (exact) mass is 412 g/mol. The Kier molecular flexibility index (Phi) is 6.14. The summed E-state index contributed by atoms with van der Waals surface area (Å²) in [7, 11) is 0. The third kappa shape index (κ3) is 4.32. The molecule has 0 unspecified atom stereocenters. The van der Waals surface area contributed by atoms with Crippen LogP contribution in [0.5, 0.6) is 0 Å². The number of pyridine rings is 1. The van der Waals surface area contributed by atoms with Gasteiger partial charge in [0.15, 0.2) is 11.8 Å². The molecule has 3 aromatic rings. The van der Waals surface area contributed by atoms with E-state index in [4.69, 9.17) is 4.74 Å². The van der Waals surface area contributed by atoms with Crippen molar-refractivity contribution in [2.75, 3.05) is 5.32 Å². The number of anilines is 1. The minimum Gasteiger partial charge on any atom is -0.449 e. The van der Waals surface area contributed by atoms with Gasteiger partial charge in [-0.05, 0) is 44.9 Å². The number of nitrogens with zero attached hydrogens (tertiary/aromatic N) is 3. The highest BCUT2D eigenvalue weighted by Crippen LogP contribution is 2.25. The highest BCUT2D eigenvalue weighted by Gasteiger charge is 2.24. The Hall–Kier alpha value is -3.29. The van der Waals surface area contributed by atoms with E-state index in [-0.39, 0.29) is 17.6 Å². The van der Waals surface area contributed by atoms with Crippen molar-refractivity contribution in [3.05, 3.63) is 53.6 Å². The number of fused-ring (bicyclic) bond motifs is 1. The van der Waals surface area contributed by atoms with Crippen molar-refractivity contribution in [3.63, 3.8) is 0 Å². The van der Waals surface area contributed by atoms with Gasteiger partial charge in [0.05, 0.1) is 22.8 Å². The van der Waals surface area contributed by atoms with E-state index in [0.29, 0.717) is 16.6 Å². The van der Waals surface area contributed by atoms with Crippen molar-refractivity contribution in [2.45, 2.75) is 52.7 Å². The first-order chi connectivity index (χ1) is 14.2. The molecule has 0 fully saturated rings. The van der Waals surface area contributed by atoms with Crippen LogP contribution < -0.4 is 5.32 Å². The molecular formula is C22H25FN4O3. The molecule has 1 N–H and O–H groups in total. The number of aromatic nitrogens is 3. The zero-order valence-electron chi connectivity index (χ0n) is 17.6. The topological polar surface area (TPSA) is 86.1 Å². The molecule has 8 heteroatoms. The SMILES string of the molecule is CC(C)c1cc(C(=O)O[C@H](C)C(=O)Nc2ccccc2F)c2cnn(C(C)C)c2n1. The fraction of sp³-hybridized carbons (Fsp3) is 0.364. The lowest BCUT2D eigenvalue weighted by Crippen LogP contribution is -2.30. The van der Waals surface area contributed by atoms with Gasteiger partial charge in [-0.25, -0.2) is 18.9 Å². The zero-order chi connectivity index (χ0) is 22.0. The molecule has 0 saturated carbocycles. The lowest BCUT2D eigenvalue weighted by Gasteiger charge is -2.15. The average Bonchev–Trinajstić information content (AvgIpc) is 3.13. The Morgan fingerprint density at radius 3 is 2.47 bits per heavy atom.